The lowest BCUT2D eigenvalue weighted by Gasteiger charge is -2.27. The highest BCUT2D eigenvalue weighted by molar-refractivity contribution is 7.92. The van der Waals surface area contributed by atoms with E-state index in [1.807, 2.05) is 0 Å². The maximum atomic E-state index is 12.8. The number of hydrogen-bond donors (Lipinski definition) is 1. The molecule has 176 valence electrons. The number of carbonyl (C=O) groups is 3. The molecule has 9 nitrogen and oxygen atoms in total. The lowest BCUT2D eigenvalue weighted by molar-refractivity contribution is -0.120. The summed E-state index contributed by atoms with van der Waals surface area (Å²) in [5, 5.41) is 2.37. The van der Waals surface area contributed by atoms with Gasteiger partial charge in [0.15, 0.2) is 0 Å². The molecule has 0 aromatic heterocycles. The summed E-state index contributed by atoms with van der Waals surface area (Å²) in [7, 11) is -5.60. The van der Waals surface area contributed by atoms with E-state index in [0.717, 1.165) is 17.0 Å². The Morgan fingerprint density at radius 2 is 1.84 bits per heavy atom. The number of carbonyl (C=O) groups excluding carboxylic acids is 3. The van der Waals surface area contributed by atoms with E-state index in [2.05, 4.69) is 5.32 Å². The monoisotopic (exact) mass is 478 g/mol. The molecule has 1 aliphatic carbocycles. The Morgan fingerprint density at radius 3 is 2.44 bits per heavy atom. The minimum atomic E-state index is -5.60. The number of ether oxygens (including phenoxy) is 2. The third-order valence-corrected chi connectivity index (χ3v) is 6.43. The van der Waals surface area contributed by atoms with Gasteiger partial charge >= 0.3 is 17.7 Å². The van der Waals surface area contributed by atoms with Crippen molar-refractivity contribution >= 4 is 33.6 Å². The van der Waals surface area contributed by atoms with Gasteiger partial charge in [-0.2, -0.15) is 13.2 Å². The van der Waals surface area contributed by atoms with Crippen LogP contribution in [0.5, 0.6) is 0 Å². The van der Waals surface area contributed by atoms with Crippen molar-refractivity contribution in [2.75, 3.05) is 5.32 Å². The summed E-state index contributed by atoms with van der Waals surface area (Å²) >= 11 is 0. The Hall–Kier alpha value is -2.83. The van der Waals surface area contributed by atoms with Crippen molar-refractivity contribution in [2.45, 2.75) is 61.8 Å². The molecule has 2 fully saturated rings. The van der Waals surface area contributed by atoms with Crippen LogP contribution in [0.4, 0.5) is 28.4 Å². The maximum absolute atomic E-state index is 12.8. The van der Waals surface area contributed by atoms with Crippen LogP contribution >= 0.6 is 0 Å². The number of sulfone groups is 1. The van der Waals surface area contributed by atoms with Gasteiger partial charge < -0.3 is 14.8 Å². The minimum Gasteiger partial charge on any atom is -0.443 e. The topological polar surface area (TPSA) is 119 Å². The van der Waals surface area contributed by atoms with Gasteiger partial charge in [0.1, 0.15) is 11.7 Å². The number of anilines is 1. The fraction of sp³-hybridized carbons (Fsp3) is 0.526. The largest absolute Gasteiger partial charge is 0.501 e. The first-order chi connectivity index (χ1) is 14.6. The quantitative estimate of drug-likeness (QED) is 0.707. The van der Waals surface area contributed by atoms with Gasteiger partial charge in [0, 0.05) is 5.69 Å². The smallest absolute Gasteiger partial charge is 0.443 e. The maximum Gasteiger partial charge on any atom is 0.501 e. The lowest BCUT2D eigenvalue weighted by Crippen LogP contribution is -2.47. The van der Waals surface area contributed by atoms with Crippen LogP contribution < -0.4 is 5.32 Å². The Morgan fingerprint density at radius 1 is 1.19 bits per heavy atom. The van der Waals surface area contributed by atoms with E-state index in [-0.39, 0.29) is 18.5 Å². The van der Waals surface area contributed by atoms with Gasteiger partial charge in [0.05, 0.1) is 16.9 Å². The fourth-order valence-corrected chi connectivity index (χ4v) is 4.44. The van der Waals surface area contributed by atoms with E-state index in [9.17, 15) is 36.0 Å². The van der Waals surface area contributed by atoms with E-state index < -0.39 is 62.0 Å². The van der Waals surface area contributed by atoms with Crippen molar-refractivity contribution in [3.8, 4) is 0 Å². The third-order valence-electron chi connectivity index (χ3n) is 4.95. The summed E-state index contributed by atoms with van der Waals surface area (Å²) in [6.45, 7) is 4.81. The molecule has 1 heterocycles. The van der Waals surface area contributed by atoms with Crippen LogP contribution in [0.25, 0.3) is 0 Å². The van der Waals surface area contributed by atoms with Crippen LogP contribution in [0, 0.1) is 5.92 Å². The molecular weight excluding hydrogens is 457 g/mol. The second-order valence-corrected chi connectivity index (χ2v) is 10.4. The molecule has 0 spiro atoms. The van der Waals surface area contributed by atoms with Crippen molar-refractivity contribution in [3.05, 3.63) is 24.3 Å². The van der Waals surface area contributed by atoms with Gasteiger partial charge in [0.25, 0.3) is 9.84 Å². The first-order valence-corrected chi connectivity index (χ1v) is 11.1. The average molecular weight is 478 g/mol. The van der Waals surface area contributed by atoms with Crippen molar-refractivity contribution in [2.24, 2.45) is 5.92 Å². The number of halogens is 3. The van der Waals surface area contributed by atoms with Gasteiger partial charge in [-0.15, -0.1) is 0 Å². The Balaban J connectivity index is 1.81. The molecule has 0 radical (unpaired) electrons. The minimum absolute atomic E-state index is 0.183. The summed E-state index contributed by atoms with van der Waals surface area (Å²) in [6, 6.07) is 2.77. The number of imide groups is 1. The second-order valence-electron chi connectivity index (χ2n) is 8.41. The summed E-state index contributed by atoms with van der Waals surface area (Å²) in [5.41, 5.74) is -6.59. The normalized spacial score (nSPS) is 23.5. The molecule has 1 aromatic rings. The molecule has 1 aromatic carbocycles. The van der Waals surface area contributed by atoms with Crippen molar-refractivity contribution in [1.29, 1.82) is 0 Å². The SMILES string of the molecule is CC(C)(C)OC(=O)N1C(=O)O[C@@H]2CC[C@H](C(=O)Nc3cccc(S(=O)(=O)C(F)(F)F)c3)[C@@H]21. The standard InChI is InChI=1S/C19H21F3N2O7S/c1-18(2,3)31-17(27)24-14-12(7-8-13(14)30-16(24)26)15(25)23-10-5-4-6-11(9-10)32(28,29)19(20,21)22/h4-6,9,12-14H,7-8H2,1-3H3,(H,23,25)/t12-,13+,14-/m0/s1. The van der Waals surface area contributed by atoms with Crippen LogP contribution in [-0.2, 0) is 24.1 Å². The molecule has 3 atom stereocenters. The zero-order valence-electron chi connectivity index (χ0n) is 17.3. The summed E-state index contributed by atoms with van der Waals surface area (Å²) in [4.78, 5) is 37.2. The Kier molecular flexibility index (Phi) is 5.91. The molecule has 0 bridgehead atoms. The summed E-state index contributed by atoms with van der Waals surface area (Å²) in [6.07, 6.45) is -2.15. The van der Waals surface area contributed by atoms with E-state index in [1.54, 1.807) is 20.8 Å². The van der Waals surface area contributed by atoms with Gasteiger partial charge in [-0.25, -0.2) is 22.9 Å². The zero-order valence-corrected chi connectivity index (χ0v) is 18.1. The van der Waals surface area contributed by atoms with Crippen LogP contribution in [0.1, 0.15) is 33.6 Å². The van der Waals surface area contributed by atoms with Gasteiger partial charge in [0.2, 0.25) is 5.91 Å². The molecule has 1 aliphatic heterocycles. The summed E-state index contributed by atoms with van der Waals surface area (Å²) < 4.78 is 72.0. The molecule has 13 heteroatoms. The first kappa shape index (κ1) is 23.8. The predicted molar refractivity (Wildman–Crippen MR) is 103 cm³/mol. The number of rotatable bonds is 3. The molecule has 0 unspecified atom stereocenters. The highest BCUT2D eigenvalue weighted by Crippen LogP contribution is 2.39. The summed E-state index contributed by atoms with van der Waals surface area (Å²) in [5.74, 6) is -1.63. The number of alkyl halides is 3. The van der Waals surface area contributed by atoms with Crippen LogP contribution in [0.2, 0.25) is 0 Å². The molecule has 1 saturated heterocycles. The molecule has 1 N–H and O–H groups in total. The predicted octanol–water partition coefficient (Wildman–Crippen LogP) is 3.45. The molecule has 3 rings (SSSR count). The van der Waals surface area contributed by atoms with E-state index in [1.165, 1.54) is 6.07 Å². The van der Waals surface area contributed by atoms with Gasteiger partial charge in [-0.05, 0) is 51.8 Å². The number of amides is 3. The van der Waals surface area contributed by atoms with Crippen LogP contribution in [-0.4, -0.2) is 54.7 Å². The number of nitrogens with zero attached hydrogens (tertiary/aromatic N) is 1. The average Bonchev–Trinajstić information content (AvgIpc) is 3.16. The third kappa shape index (κ3) is 4.52. The highest BCUT2D eigenvalue weighted by Gasteiger charge is 2.56. The second kappa shape index (κ2) is 7.94. The first-order valence-electron chi connectivity index (χ1n) is 9.57. The molecule has 32 heavy (non-hydrogen) atoms. The zero-order chi connectivity index (χ0) is 24.1. The number of hydrogen-bond acceptors (Lipinski definition) is 7. The van der Waals surface area contributed by atoms with Gasteiger partial charge in [-0.3, -0.25) is 4.79 Å². The molecule has 1 saturated carbocycles. The number of benzene rings is 1. The van der Waals surface area contributed by atoms with Crippen molar-refractivity contribution in [1.82, 2.24) is 4.90 Å². The number of nitrogens with one attached hydrogen (secondary N) is 1. The Bertz CT molecular complexity index is 1050. The Labute approximate surface area is 181 Å². The fourth-order valence-electron chi connectivity index (χ4n) is 3.63. The van der Waals surface area contributed by atoms with Gasteiger partial charge in [-0.1, -0.05) is 6.07 Å². The van der Waals surface area contributed by atoms with E-state index in [0.29, 0.717) is 6.07 Å². The molecular formula is C19H21F3N2O7S. The van der Waals surface area contributed by atoms with Crippen molar-refractivity contribution < 1.29 is 45.4 Å². The van der Waals surface area contributed by atoms with E-state index >= 15 is 0 Å². The van der Waals surface area contributed by atoms with Crippen LogP contribution in [0.15, 0.2) is 29.2 Å². The molecule has 2 aliphatic rings. The highest BCUT2D eigenvalue weighted by atomic mass is 32.2. The van der Waals surface area contributed by atoms with Crippen molar-refractivity contribution in [3.63, 3.8) is 0 Å². The lowest BCUT2D eigenvalue weighted by atomic mass is 10.0. The molecule has 3 amide bonds. The van der Waals surface area contributed by atoms with E-state index in [4.69, 9.17) is 9.47 Å². The van der Waals surface area contributed by atoms with Crippen LogP contribution in [0.3, 0.4) is 0 Å². The number of fused-ring (bicyclic) bond motifs is 1.